The van der Waals surface area contributed by atoms with Gasteiger partial charge in [-0.15, -0.1) is 0 Å². The molecule has 2 unspecified atom stereocenters. The number of rotatable bonds is 3. The van der Waals surface area contributed by atoms with Gasteiger partial charge in [0, 0.05) is 12.6 Å². The first-order chi connectivity index (χ1) is 6.95. The van der Waals surface area contributed by atoms with E-state index in [0.717, 1.165) is 6.42 Å². The van der Waals surface area contributed by atoms with Gasteiger partial charge in [0.2, 0.25) is 0 Å². The van der Waals surface area contributed by atoms with Gasteiger partial charge >= 0.3 is 6.18 Å². The van der Waals surface area contributed by atoms with Gasteiger partial charge < -0.3 is 10.0 Å². The van der Waals surface area contributed by atoms with Crippen LogP contribution in [0.15, 0.2) is 0 Å². The van der Waals surface area contributed by atoms with E-state index in [2.05, 4.69) is 0 Å². The third-order valence-corrected chi connectivity index (χ3v) is 3.19. The first kappa shape index (κ1) is 12.8. The fourth-order valence-electron chi connectivity index (χ4n) is 2.20. The lowest BCUT2D eigenvalue weighted by molar-refractivity contribution is -0.186. The van der Waals surface area contributed by atoms with Crippen LogP contribution in [0, 0.1) is 5.92 Å². The van der Waals surface area contributed by atoms with Crippen LogP contribution in [0.1, 0.15) is 25.7 Å². The zero-order valence-corrected chi connectivity index (χ0v) is 8.93. The molecule has 0 aromatic carbocycles. The Hall–Kier alpha value is -0.290. The largest absolute Gasteiger partial charge is 0.395 e. The van der Waals surface area contributed by atoms with Crippen molar-refractivity contribution in [1.82, 2.24) is 4.90 Å². The summed E-state index contributed by atoms with van der Waals surface area (Å²) in [6, 6.07) is -0.0301. The fraction of sp³-hybridized carbons (Fsp3) is 1.00. The topological polar surface area (TPSA) is 23.5 Å². The van der Waals surface area contributed by atoms with Gasteiger partial charge in [0.05, 0.1) is 12.5 Å². The molecule has 0 aromatic heterocycles. The van der Waals surface area contributed by atoms with E-state index in [0.29, 0.717) is 13.0 Å². The molecular formula is C10H18F3NO. The van der Waals surface area contributed by atoms with E-state index < -0.39 is 12.1 Å². The Labute approximate surface area is 88.1 Å². The van der Waals surface area contributed by atoms with E-state index in [4.69, 9.17) is 5.11 Å². The average Bonchev–Trinajstić information content (AvgIpc) is 2.17. The number of alkyl halides is 3. The van der Waals surface area contributed by atoms with Gasteiger partial charge in [-0.3, -0.25) is 0 Å². The molecule has 1 rings (SSSR count). The summed E-state index contributed by atoms with van der Waals surface area (Å²) in [4.78, 5) is 1.83. The predicted octanol–water partition coefficient (Wildman–Crippen LogP) is 2.03. The van der Waals surface area contributed by atoms with Crippen molar-refractivity contribution in [2.45, 2.75) is 37.9 Å². The van der Waals surface area contributed by atoms with Crippen molar-refractivity contribution in [1.29, 1.82) is 0 Å². The maximum absolute atomic E-state index is 12.5. The minimum absolute atomic E-state index is 0.00366. The van der Waals surface area contributed by atoms with Crippen molar-refractivity contribution >= 4 is 0 Å². The number of hydrogen-bond donors (Lipinski definition) is 1. The maximum atomic E-state index is 12.5. The molecule has 1 fully saturated rings. The van der Waals surface area contributed by atoms with E-state index in [1.165, 1.54) is 0 Å². The molecule has 0 bridgehead atoms. The Bertz CT molecular complexity index is 196. The molecule has 0 aromatic rings. The summed E-state index contributed by atoms with van der Waals surface area (Å²) in [5.74, 6) is -1.16. The van der Waals surface area contributed by atoms with Crippen LogP contribution in [-0.4, -0.2) is 42.4 Å². The normalized spacial score (nSPS) is 28.4. The number of hydrogen-bond acceptors (Lipinski definition) is 2. The summed E-state index contributed by atoms with van der Waals surface area (Å²) < 4.78 is 37.5. The van der Waals surface area contributed by atoms with Gasteiger partial charge in [-0.1, -0.05) is 6.42 Å². The van der Waals surface area contributed by atoms with Gasteiger partial charge in [0.1, 0.15) is 0 Å². The molecule has 5 heteroatoms. The van der Waals surface area contributed by atoms with Crippen LogP contribution >= 0.6 is 0 Å². The number of likely N-dealkylation sites (N-methyl/N-ethyl adjacent to an activating group) is 1. The van der Waals surface area contributed by atoms with Crippen molar-refractivity contribution in [2.75, 3.05) is 20.2 Å². The van der Waals surface area contributed by atoms with E-state index in [9.17, 15) is 13.2 Å². The number of halogens is 3. The molecule has 90 valence electrons. The van der Waals surface area contributed by atoms with Crippen molar-refractivity contribution in [3.05, 3.63) is 0 Å². The third kappa shape index (κ3) is 3.65. The molecule has 0 saturated heterocycles. The average molecular weight is 225 g/mol. The highest BCUT2D eigenvalue weighted by molar-refractivity contribution is 4.82. The second kappa shape index (κ2) is 5.16. The van der Waals surface area contributed by atoms with E-state index in [1.54, 1.807) is 7.05 Å². The number of aliphatic hydroxyl groups is 1. The Morgan fingerprint density at radius 3 is 2.53 bits per heavy atom. The Morgan fingerprint density at radius 1 is 1.33 bits per heavy atom. The van der Waals surface area contributed by atoms with Crippen molar-refractivity contribution < 1.29 is 18.3 Å². The Morgan fingerprint density at radius 2 is 2.00 bits per heavy atom. The van der Waals surface area contributed by atoms with Crippen LogP contribution < -0.4 is 0 Å². The SMILES string of the molecule is CN(CCO)C1CCCC(C(F)(F)F)C1. The van der Waals surface area contributed by atoms with Crippen molar-refractivity contribution in [2.24, 2.45) is 5.92 Å². The van der Waals surface area contributed by atoms with Crippen LogP contribution in [0.3, 0.4) is 0 Å². The first-order valence-electron chi connectivity index (χ1n) is 5.33. The summed E-state index contributed by atoms with van der Waals surface area (Å²) in [6.07, 6.45) is -2.18. The molecule has 0 radical (unpaired) electrons. The lowest BCUT2D eigenvalue weighted by atomic mass is 9.84. The number of nitrogens with zero attached hydrogens (tertiary/aromatic N) is 1. The zero-order chi connectivity index (χ0) is 11.5. The molecule has 0 spiro atoms. The second-order valence-electron chi connectivity index (χ2n) is 4.26. The highest BCUT2D eigenvalue weighted by atomic mass is 19.4. The lowest BCUT2D eigenvalue weighted by Crippen LogP contribution is -2.41. The van der Waals surface area contributed by atoms with Gasteiger partial charge in [-0.05, 0) is 26.3 Å². The van der Waals surface area contributed by atoms with Crippen molar-refractivity contribution in [3.8, 4) is 0 Å². The minimum atomic E-state index is -4.06. The molecule has 2 atom stereocenters. The van der Waals surface area contributed by atoms with Crippen LogP contribution in [0.5, 0.6) is 0 Å². The second-order valence-corrected chi connectivity index (χ2v) is 4.26. The van der Waals surface area contributed by atoms with E-state index in [-0.39, 0.29) is 25.5 Å². The van der Waals surface area contributed by atoms with Crippen LogP contribution in [-0.2, 0) is 0 Å². The zero-order valence-electron chi connectivity index (χ0n) is 8.93. The van der Waals surface area contributed by atoms with E-state index in [1.807, 2.05) is 4.90 Å². The summed E-state index contributed by atoms with van der Waals surface area (Å²) in [7, 11) is 1.78. The minimum Gasteiger partial charge on any atom is -0.395 e. The third-order valence-electron chi connectivity index (χ3n) is 3.19. The van der Waals surface area contributed by atoms with E-state index >= 15 is 0 Å². The van der Waals surface area contributed by atoms with Gasteiger partial charge in [-0.2, -0.15) is 13.2 Å². The highest BCUT2D eigenvalue weighted by Crippen LogP contribution is 2.38. The standard InChI is InChI=1S/C10H18F3NO/c1-14(5-6-15)9-4-2-3-8(7-9)10(11,12)13/h8-9,15H,2-7H2,1H3. The fourth-order valence-corrected chi connectivity index (χ4v) is 2.20. The van der Waals surface area contributed by atoms with Crippen LogP contribution in [0.2, 0.25) is 0 Å². The van der Waals surface area contributed by atoms with Crippen LogP contribution in [0.4, 0.5) is 13.2 Å². The monoisotopic (exact) mass is 225 g/mol. The highest BCUT2D eigenvalue weighted by Gasteiger charge is 2.42. The van der Waals surface area contributed by atoms with Gasteiger partial charge in [0.25, 0.3) is 0 Å². The number of aliphatic hydroxyl groups excluding tert-OH is 1. The summed E-state index contributed by atoms with van der Waals surface area (Å²) in [5.41, 5.74) is 0. The molecule has 1 aliphatic carbocycles. The molecule has 1 N–H and O–H groups in total. The molecule has 0 heterocycles. The Kier molecular flexibility index (Phi) is 4.40. The summed E-state index contributed by atoms with van der Waals surface area (Å²) in [5, 5.41) is 8.73. The van der Waals surface area contributed by atoms with Gasteiger partial charge in [0.15, 0.2) is 0 Å². The molecule has 0 amide bonds. The summed E-state index contributed by atoms with van der Waals surface area (Å²) in [6.45, 7) is 0.457. The molecule has 15 heavy (non-hydrogen) atoms. The smallest absolute Gasteiger partial charge is 0.391 e. The molecule has 0 aliphatic heterocycles. The van der Waals surface area contributed by atoms with Gasteiger partial charge in [-0.25, -0.2) is 0 Å². The van der Waals surface area contributed by atoms with Crippen LogP contribution in [0.25, 0.3) is 0 Å². The molecule has 1 aliphatic rings. The van der Waals surface area contributed by atoms with Crippen molar-refractivity contribution in [3.63, 3.8) is 0 Å². The quantitative estimate of drug-likeness (QED) is 0.794. The Balaban J connectivity index is 2.48. The predicted molar refractivity (Wildman–Crippen MR) is 51.5 cm³/mol. The molecule has 2 nitrogen and oxygen atoms in total. The molecule has 1 saturated carbocycles. The maximum Gasteiger partial charge on any atom is 0.391 e. The molecular weight excluding hydrogens is 207 g/mol. The lowest BCUT2D eigenvalue weighted by Gasteiger charge is -2.35. The summed E-state index contributed by atoms with van der Waals surface area (Å²) >= 11 is 0. The first-order valence-corrected chi connectivity index (χ1v) is 5.33.